The van der Waals surface area contributed by atoms with Gasteiger partial charge in [0.25, 0.3) is 0 Å². The molecule has 0 saturated heterocycles. The van der Waals surface area contributed by atoms with Gasteiger partial charge in [0.2, 0.25) is 5.91 Å². The Bertz CT molecular complexity index is 471. The first-order chi connectivity index (χ1) is 8.80. The molecule has 1 rings (SSSR count). The molecule has 0 aliphatic rings. The van der Waals surface area contributed by atoms with Crippen molar-refractivity contribution in [1.82, 2.24) is 0 Å². The van der Waals surface area contributed by atoms with Crippen LogP contribution in [-0.4, -0.2) is 17.7 Å². The molecule has 19 heavy (non-hydrogen) atoms. The van der Waals surface area contributed by atoms with E-state index in [9.17, 15) is 9.59 Å². The highest BCUT2D eigenvalue weighted by atomic mass is 16.7. The van der Waals surface area contributed by atoms with Crippen LogP contribution in [0, 0.1) is 0 Å². The zero-order valence-electron chi connectivity index (χ0n) is 11.2. The highest BCUT2D eigenvalue weighted by molar-refractivity contribution is 5.98. The van der Waals surface area contributed by atoms with E-state index in [1.807, 2.05) is 0 Å². The summed E-state index contributed by atoms with van der Waals surface area (Å²) in [7, 11) is 0. The summed E-state index contributed by atoms with van der Waals surface area (Å²) < 4.78 is 9.99. The Labute approximate surface area is 112 Å². The van der Waals surface area contributed by atoms with Crippen LogP contribution in [0.3, 0.4) is 0 Å². The third-order valence-corrected chi connectivity index (χ3v) is 1.90. The SMILES string of the molecule is C=CC(=O)Nc1ccc(OC(=O)OC(C)(C)C)cc1. The van der Waals surface area contributed by atoms with Crippen LogP contribution >= 0.6 is 0 Å². The van der Waals surface area contributed by atoms with E-state index in [0.717, 1.165) is 0 Å². The third-order valence-electron chi connectivity index (χ3n) is 1.90. The fourth-order valence-corrected chi connectivity index (χ4v) is 1.17. The molecule has 0 unspecified atom stereocenters. The predicted molar refractivity (Wildman–Crippen MR) is 72.1 cm³/mol. The Morgan fingerprint density at radius 2 is 1.79 bits per heavy atom. The minimum absolute atomic E-state index is 0.305. The van der Waals surface area contributed by atoms with Crippen molar-refractivity contribution in [3.05, 3.63) is 36.9 Å². The molecule has 0 bridgehead atoms. The number of ether oxygens (including phenoxy) is 2. The standard InChI is InChI=1S/C14H17NO4/c1-5-12(16)15-10-6-8-11(9-7-10)18-13(17)19-14(2,3)4/h5-9H,1H2,2-4H3,(H,15,16). The van der Waals surface area contributed by atoms with Crippen molar-refractivity contribution in [2.24, 2.45) is 0 Å². The molecule has 0 atom stereocenters. The van der Waals surface area contributed by atoms with Gasteiger partial charge in [-0.25, -0.2) is 4.79 Å². The largest absolute Gasteiger partial charge is 0.514 e. The first-order valence-electron chi connectivity index (χ1n) is 5.74. The number of benzene rings is 1. The van der Waals surface area contributed by atoms with E-state index in [0.29, 0.717) is 11.4 Å². The zero-order valence-corrected chi connectivity index (χ0v) is 11.2. The number of hydrogen-bond donors (Lipinski definition) is 1. The summed E-state index contributed by atoms with van der Waals surface area (Å²) in [5.41, 5.74) is -0.0176. The smallest absolute Gasteiger partial charge is 0.428 e. The maximum absolute atomic E-state index is 11.4. The number of carbonyl (C=O) groups excluding carboxylic acids is 2. The van der Waals surface area contributed by atoms with Crippen LogP contribution in [0.2, 0.25) is 0 Å². The van der Waals surface area contributed by atoms with Gasteiger partial charge in [-0.2, -0.15) is 0 Å². The fraction of sp³-hybridized carbons (Fsp3) is 0.286. The molecule has 102 valence electrons. The molecule has 1 aromatic carbocycles. The van der Waals surface area contributed by atoms with Crippen molar-refractivity contribution in [3.63, 3.8) is 0 Å². The lowest BCUT2D eigenvalue weighted by Gasteiger charge is -2.18. The summed E-state index contributed by atoms with van der Waals surface area (Å²) in [6, 6.07) is 6.34. The minimum Gasteiger partial charge on any atom is -0.428 e. The lowest BCUT2D eigenvalue weighted by atomic mass is 10.2. The summed E-state index contributed by atoms with van der Waals surface area (Å²) in [4.78, 5) is 22.5. The molecular formula is C14H17NO4. The molecule has 5 nitrogen and oxygen atoms in total. The maximum atomic E-state index is 11.4. The summed E-state index contributed by atoms with van der Waals surface area (Å²) >= 11 is 0. The van der Waals surface area contributed by atoms with Crippen molar-refractivity contribution in [2.45, 2.75) is 26.4 Å². The van der Waals surface area contributed by atoms with E-state index < -0.39 is 11.8 Å². The average molecular weight is 263 g/mol. The number of rotatable bonds is 3. The van der Waals surface area contributed by atoms with Gasteiger partial charge in [0.15, 0.2) is 0 Å². The Kier molecular flexibility index (Phi) is 4.69. The zero-order chi connectivity index (χ0) is 14.5. The van der Waals surface area contributed by atoms with Crippen LogP contribution in [0.4, 0.5) is 10.5 Å². The molecule has 0 spiro atoms. The Balaban J connectivity index is 2.59. The van der Waals surface area contributed by atoms with E-state index in [4.69, 9.17) is 9.47 Å². The van der Waals surface area contributed by atoms with Gasteiger partial charge in [0, 0.05) is 5.69 Å². The number of hydrogen-bond acceptors (Lipinski definition) is 4. The lowest BCUT2D eigenvalue weighted by Crippen LogP contribution is -2.25. The quantitative estimate of drug-likeness (QED) is 0.517. The van der Waals surface area contributed by atoms with Gasteiger partial charge in [-0.05, 0) is 51.1 Å². The van der Waals surface area contributed by atoms with Crippen LogP contribution < -0.4 is 10.1 Å². The molecule has 0 saturated carbocycles. The molecule has 0 radical (unpaired) electrons. The van der Waals surface area contributed by atoms with Crippen molar-refractivity contribution in [3.8, 4) is 5.75 Å². The van der Waals surface area contributed by atoms with E-state index >= 15 is 0 Å². The second-order valence-corrected chi connectivity index (χ2v) is 4.78. The van der Waals surface area contributed by atoms with Crippen LogP contribution in [0.25, 0.3) is 0 Å². The molecule has 5 heteroatoms. The van der Waals surface area contributed by atoms with Crippen molar-refractivity contribution >= 4 is 17.7 Å². The van der Waals surface area contributed by atoms with Gasteiger partial charge >= 0.3 is 6.16 Å². The maximum Gasteiger partial charge on any atom is 0.514 e. The van der Waals surface area contributed by atoms with Crippen LogP contribution in [0.15, 0.2) is 36.9 Å². The van der Waals surface area contributed by atoms with Crippen molar-refractivity contribution < 1.29 is 19.1 Å². The van der Waals surface area contributed by atoms with E-state index in [2.05, 4.69) is 11.9 Å². The Morgan fingerprint density at radius 1 is 1.21 bits per heavy atom. The second kappa shape index (κ2) is 6.04. The molecule has 1 N–H and O–H groups in total. The van der Waals surface area contributed by atoms with Crippen LogP contribution in [0.1, 0.15) is 20.8 Å². The third kappa shape index (κ3) is 5.72. The normalized spacial score (nSPS) is 10.5. The van der Waals surface area contributed by atoms with Crippen LogP contribution in [-0.2, 0) is 9.53 Å². The van der Waals surface area contributed by atoms with Crippen molar-refractivity contribution in [1.29, 1.82) is 0 Å². The highest BCUT2D eigenvalue weighted by Crippen LogP contribution is 2.17. The highest BCUT2D eigenvalue weighted by Gasteiger charge is 2.17. The molecular weight excluding hydrogens is 246 g/mol. The van der Waals surface area contributed by atoms with Gasteiger partial charge in [-0.1, -0.05) is 6.58 Å². The number of carbonyl (C=O) groups is 2. The number of anilines is 1. The van der Waals surface area contributed by atoms with Gasteiger partial charge in [-0.15, -0.1) is 0 Å². The first kappa shape index (κ1) is 14.8. The molecule has 0 aromatic heterocycles. The fourth-order valence-electron chi connectivity index (χ4n) is 1.17. The first-order valence-corrected chi connectivity index (χ1v) is 5.74. The van der Waals surface area contributed by atoms with Gasteiger partial charge in [-0.3, -0.25) is 4.79 Å². The van der Waals surface area contributed by atoms with Crippen molar-refractivity contribution in [2.75, 3.05) is 5.32 Å². The Hall–Kier alpha value is -2.30. The van der Waals surface area contributed by atoms with Crippen LogP contribution in [0.5, 0.6) is 5.75 Å². The van der Waals surface area contributed by atoms with E-state index in [1.165, 1.54) is 6.08 Å². The topological polar surface area (TPSA) is 64.6 Å². The second-order valence-electron chi connectivity index (χ2n) is 4.78. The molecule has 0 heterocycles. The molecule has 0 aliphatic carbocycles. The number of amides is 1. The van der Waals surface area contributed by atoms with Gasteiger partial charge in [0.1, 0.15) is 11.4 Å². The Morgan fingerprint density at radius 3 is 2.26 bits per heavy atom. The minimum atomic E-state index is -0.768. The summed E-state index contributed by atoms with van der Waals surface area (Å²) in [6.07, 6.45) is 0.404. The van der Waals surface area contributed by atoms with Gasteiger partial charge in [0.05, 0.1) is 0 Å². The molecule has 1 aromatic rings. The molecule has 1 amide bonds. The number of nitrogens with one attached hydrogen (secondary N) is 1. The van der Waals surface area contributed by atoms with E-state index in [1.54, 1.807) is 45.0 Å². The average Bonchev–Trinajstić information content (AvgIpc) is 2.29. The summed E-state index contributed by atoms with van der Waals surface area (Å²) in [5, 5.41) is 2.58. The monoisotopic (exact) mass is 263 g/mol. The van der Waals surface area contributed by atoms with Gasteiger partial charge < -0.3 is 14.8 Å². The molecule has 0 aliphatic heterocycles. The summed E-state index contributed by atoms with van der Waals surface area (Å²) in [5.74, 6) is 0.0339. The summed E-state index contributed by atoms with van der Waals surface area (Å²) in [6.45, 7) is 8.61. The predicted octanol–water partition coefficient (Wildman–Crippen LogP) is 3.13. The molecule has 0 fully saturated rings. The lowest BCUT2D eigenvalue weighted by molar-refractivity contribution is -0.111. The van der Waals surface area contributed by atoms with E-state index in [-0.39, 0.29) is 5.91 Å².